The maximum atomic E-state index is 15.2. The van der Waals surface area contributed by atoms with Gasteiger partial charge in [0.15, 0.2) is 11.6 Å². The van der Waals surface area contributed by atoms with E-state index >= 15 is 4.39 Å². The van der Waals surface area contributed by atoms with Gasteiger partial charge in [0.1, 0.15) is 23.2 Å². The number of piperidine rings is 1. The maximum Gasteiger partial charge on any atom is 0.185 e. The Labute approximate surface area is 193 Å². The summed E-state index contributed by atoms with van der Waals surface area (Å²) in [5.74, 6) is -2.37. The van der Waals surface area contributed by atoms with E-state index < -0.39 is 17.5 Å². The first-order valence-corrected chi connectivity index (χ1v) is 10.7. The van der Waals surface area contributed by atoms with Crippen molar-refractivity contribution in [1.82, 2.24) is 19.5 Å². The van der Waals surface area contributed by atoms with Crippen molar-refractivity contribution in [3.8, 4) is 28.6 Å². The van der Waals surface area contributed by atoms with Crippen LogP contribution in [0.15, 0.2) is 36.8 Å². The summed E-state index contributed by atoms with van der Waals surface area (Å²) in [6, 6.07) is 7.27. The minimum atomic E-state index is -1.10. The van der Waals surface area contributed by atoms with Gasteiger partial charge in [0.2, 0.25) is 0 Å². The van der Waals surface area contributed by atoms with Crippen LogP contribution in [0.2, 0.25) is 0 Å². The topological polar surface area (TPSA) is 96.7 Å². The van der Waals surface area contributed by atoms with E-state index in [1.807, 2.05) is 4.90 Å². The number of nitrogens with two attached hydrogens (primary N) is 1. The van der Waals surface area contributed by atoms with Gasteiger partial charge in [0.25, 0.3) is 0 Å². The predicted molar refractivity (Wildman–Crippen MR) is 121 cm³/mol. The molecule has 172 valence electrons. The van der Waals surface area contributed by atoms with Gasteiger partial charge in [-0.3, -0.25) is 0 Å². The maximum absolute atomic E-state index is 15.2. The van der Waals surface area contributed by atoms with Crippen LogP contribution >= 0.6 is 0 Å². The summed E-state index contributed by atoms with van der Waals surface area (Å²) in [4.78, 5) is 15.3. The van der Waals surface area contributed by atoms with E-state index in [0.29, 0.717) is 18.9 Å². The Balaban J connectivity index is 1.71. The predicted octanol–water partition coefficient (Wildman–Crippen LogP) is 3.91. The molecular weight excluding hydrogens is 443 g/mol. The number of benzene rings is 2. The van der Waals surface area contributed by atoms with Crippen molar-refractivity contribution in [2.75, 3.05) is 18.0 Å². The molecule has 3 heterocycles. The third kappa shape index (κ3) is 3.64. The molecule has 4 aromatic rings. The SMILES string of the molecule is Cn1cnc2cc(-c3ncc(N4CCC(N)CC4)nc3-c3ccc(C#N)c(F)c3)c(F)c(F)c21. The van der Waals surface area contributed by atoms with Gasteiger partial charge in [-0.15, -0.1) is 0 Å². The second kappa shape index (κ2) is 8.43. The monoisotopic (exact) mass is 463 g/mol. The number of aryl methyl sites for hydroxylation is 1. The zero-order chi connectivity index (χ0) is 24.0. The average Bonchev–Trinajstić information content (AvgIpc) is 3.22. The molecule has 0 amide bonds. The van der Waals surface area contributed by atoms with Crippen LogP contribution in [-0.4, -0.2) is 38.7 Å². The number of nitrogens with zero attached hydrogens (tertiary/aromatic N) is 6. The summed E-state index contributed by atoms with van der Waals surface area (Å²) in [7, 11) is 1.57. The van der Waals surface area contributed by atoms with Gasteiger partial charge in [-0.2, -0.15) is 5.26 Å². The highest BCUT2D eigenvalue weighted by Crippen LogP contribution is 2.36. The molecule has 1 fully saturated rings. The fraction of sp³-hybridized carbons (Fsp3) is 0.250. The van der Waals surface area contributed by atoms with Gasteiger partial charge in [-0.25, -0.2) is 28.1 Å². The molecule has 2 aromatic carbocycles. The van der Waals surface area contributed by atoms with Crippen LogP contribution in [0.1, 0.15) is 18.4 Å². The van der Waals surface area contributed by atoms with Crippen molar-refractivity contribution in [1.29, 1.82) is 5.26 Å². The van der Waals surface area contributed by atoms with E-state index in [4.69, 9.17) is 11.0 Å². The molecule has 34 heavy (non-hydrogen) atoms. The lowest BCUT2D eigenvalue weighted by Gasteiger charge is -2.31. The molecule has 1 saturated heterocycles. The van der Waals surface area contributed by atoms with E-state index in [1.54, 1.807) is 13.1 Å². The molecular formula is C24H20F3N7. The van der Waals surface area contributed by atoms with Gasteiger partial charge in [0, 0.05) is 37.3 Å². The van der Waals surface area contributed by atoms with Gasteiger partial charge in [0.05, 0.1) is 35.0 Å². The molecule has 0 bridgehead atoms. The number of fused-ring (bicyclic) bond motifs is 1. The van der Waals surface area contributed by atoms with Gasteiger partial charge in [-0.1, -0.05) is 6.07 Å². The first-order valence-electron chi connectivity index (χ1n) is 10.7. The summed E-state index contributed by atoms with van der Waals surface area (Å²) >= 11 is 0. The van der Waals surface area contributed by atoms with Crippen molar-refractivity contribution in [3.63, 3.8) is 0 Å². The zero-order valence-corrected chi connectivity index (χ0v) is 18.3. The highest BCUT2D eigenvalue weighted by Gasteiger charge is 2.24. The number of rotatable bonds is 3. The molecule has 10 heteroatoms. The van der Waals surface area contributed by atoms with E-state index in [9.17, 15) is 8.78 Å². The zero-order valence-electron chi connectivity index (χ0n) is 18.3. The molecule has 2 N–H and O–H groups in total. The molecule has 5 rings (SSSR count). The molecule has 0 aliphatic carbocycles. The highest BCUT2D eigenvalue weighted by molar-refractivity contribution is 5.87. The number of hydrogen-bond donors (Lipinski definition) is 1. The third-order valence-corrected chi connectivity index (χ3v) is 6.12. The van der Waals surface area contributed by atoms with Crippen LogP contribution in [0.4, 0.5) is 19.0 Å². The molecule has 2 aromatic heterocycles. The summed E-state index contributed by atoms with van der Waals surface area (Å²) in [6.45, 7) is 1.33. The fourth-order valence-electron chi connectivity index (χ4n) is 4.23. The van der Waals surface area contributed by atoms with E-state index in [1.165, 1.54) is 35.3 Å². The Morgan fingerprint density at radius 1 is 1.06 bits per heavy atom. The van der Waals surface area contributed by atoms with E-state index in [2.05, 4.69) is 15.0 Å². The van der Waals surface area contributed by atoms with Crippen LogP contribution in [0.3, 0.4) is 0 Å². The van der Waals surface area contributed by atoms with Crippen LogP contribution < -0.4 is 10.6 Å². The number of aromatic nitrogens is 4. The minimum absolute atomic E-state index is 0.0291. The van der Waals surface area contributed by atoms with Gasteiger partial charge >= 0.3 is 0 Å². The number of halogens is 3. The van der Waals surface area contributed by atoms with Crippen molar-refractivity contribution < 1.29 is 13.2 Å². The summed E-state index contributed by atoms with van der Waals surface area (Å²) in [5.41, 5.74) is 6.52. The lowest BCUT2D eigenvalue weighted by molar-refractivity contribution is 0.498. The normalized spacial score (nSPS) is 14.5. The van der Waals surface area contributed by atoms with Crippen molar-refractivity contribution in [2.24, 2.45) is 12.8 Å². The number of nitriles is 1. The molecule has 7 nitrogen and oxygen atoms in total. The Morgan fingerprint density at radius 2 is 1.82 bits per heavy atom. The summed E-state index contributed by atoms with van der Waals surface area (Å²) < 4.78 is 46.1. The van der Waals surface area contributed by atoms with Crippen LogP contribution in [0.25, 0.3) is 33.5 Å². The summed E-state index contributed by atoms with van der Waals surface area (Å²) in [6.07, 6.45) is 4.44. The average molecular weight is 463 g/mol. The Hall–Kier alpha value is -3.97. The number of anilines is 1. The van der Waals surface area contributed by atoms with Crippen LogP contribution in [0, 0.1) is 28.8 Å². The van der Waals surface area contributed by atoms with Crippen molar-refractivity contribution >= 4 is 16.9 Å². The molecule has 0 atom stereocenters. The Bertz CT molecular complexity index is 1450. The quantitative estimate of drug-likeness (QED) is 0.495. The summed E-state index contributed by atoms with van der Waals surface area (Å²) in [5, 5.41) is 9.08. The lowest BCUT2D eigenvalue weighted by Crippen LogP contribution is -2.40. The fourth-order valence-corrected chi connectivity index (χ4v) is 4.23. The molecule has 0 radical (unpaired) electrons. The van der Waals surface area contributed by atoms with Crippen molar-refractivity contribution in [3.05, 3.63) is 59.8 Å². The molecule has 1 aliphatic rings. The number of imidazole rings is 1. The highest BCUT2D eigenvalue weighted by atomic mass is 19.2. The van der Waals surface area contributed by atoms with Crippen molar-refractivity contribution in [2.45, 2.75) is 18.9 Å². The Kier molecular flexibility index (Phi) is 5.42. The van der Waals surface area contributed by atoms with Crippen LogP contribution in [0.5, 0.6) is 0 Å². The molecule has 1 aliphatic heterocycles. The molecule has 0 saturated carbocycles. The molecule has 0 spiro atoms. The smallest absolute Gasteiger partial charge is 0.185 e. The largest absolute Gasteiger partial charge is 0.355 e. The van der Waals surface area contributed by atoms with Crippen LogP contribution in [-0.2, 0) is 7.05 Å². The first-order chi connectivity index (χ1) is 16.4. The third-order valence-electron chi connectivity index (χ3n) is 6.12. The van der Waals surface area contributed by atoms with E-state index in [0.717, 1.165) is 18.9 Å². The Morgan fingerprint density at radius 3 is 2.53 bits per heavy atom. The molecule has 0 unspecified atom stereocenters. The van der Waals surface area contributed by atoms with Gasteiger partial charge in [-0.05, 0) is 31.0 Å². The lowest BCUT2D eigenvalue weighted by atomic mass is 10.0. The van der Waals surface area contributed by atoms with Gasteiger partial charge < -0.3 is 15.2 Å². The first kappa shape index (κ1) is 21.9. The standard InChI is InChI=1S/C24H20F3N7/c1-33-12-31-18-9-16(20(26)21(27)24(18)33)23-22(13-2-3-14(10-28)17(25)8-13)32-19(11-30-23)34-6-4-15(29)5-7-34/h2-3,8-9,11-12,15H,4-7,29H2,1H3. The second-order valence-electron chi connectivity index (χ2n) is 8.33. The number of hydrogen-bond acceptors (Lipinski definition) is 6. The second-order valence-corrected chi connectivity index (χ2v) is 8.33. The minimum Gasteiger partial charge on any atom is -0.355 e. The van der Waals surface area contributed by atoms with E-state index in [-0.39, 0.29) is 45.2 Å².